The Morgan fingerprint density at radius 3 is 2.25 bits per heavy atom. The molecule has 7 nitrogen and oxygen atoms in total. The number of amides is 2. The van der Waals surface area contributed by atoms with Crippen LogP contribution in [0.5, 0.6) is 0 Å². The molecular weight excluding hydrogens is 615 g/mol. The Bertz CT molecular complexity index is 1900. The fraction of sp³-hybridized carbons (Fsp3) is 0.211. The number of halogens is 3. The zero-order chi connectivity index (χ0) is 33.7. The van der Waals surface area contributed by atoms with Crippen molar-refractivity contribution in [1.82, 2.24) is 24.6 Å². The van der Waals surface area contributed by atoms with Gasteiger partial charge in [-0.1, -0.05) is 60.7 Å². The van der Waals surface area contributed by atoms with Crippen LogP contribution in [0.15, 0.2) is 116 Å². The number of carbonyl (C=O) groups excluding carboxylic acids is 2. The Balaban J connectivity index is 1.33. The highest BCUT2D eigenvalue weighted by Crippen LogP contribution is 2.29. The van der Waals surface area contributed by atoms with Gasteiger partial charge < -0.3 is 9.80 Å². The van der Waals surface area contributed by atoms with Gasteiger partial charge in [-0.2, -0.15) is 18.3 Å². The lowest BCUT2D eigenvalue weighted by Gasteiger charge is -2.36. The highest BCUT2D eigenvalue weighted by Gasteiger charge is 2.34. The number of hydrogen-bond acceptors (Lipinski definition) is 4. The maximum atomic E-state index is 14.5. The second-order valence-corrected chi connectivity index (χ2v) is 11.9. The topological polar surface area (TPSA) is 71.3 Å². The molecule has 0 radical (unpaired) electrons. The number of alkyl halides is 3. The molecule has 5 aromatic rings. The van der Waals surface area contributed by atoms with Crippen molar-refractivity contribution in [3.63, 3.8) is 0 Å². The fourth-order valence-corrected chi connectivity index (χ4v) is 5.96. The number of aromatic nitrogens is 3. The van der Waals surface area contributed by atoms with Crippen LogP contribution in [0.2, 0.25) is 0 Å². The second-order valence-electron chi connectivity index (χ2n) is 11.9. The summed E-state index contributed by atoms with van der Waals surface area (Å²) in [6, 6.07) is 23.4. The first kappa shape index (κ1) is 32.4. The van der Waals surface area contributed by atoms with Gasteiger partial charge >= 0.3 is 6.18 Å². The van der Waals surface area contributed by atoms with Crippen molar-refractivity contribution in [3.8, 4) is 11.1 Å². The summed E-state index contributed by atoms with van der Waals surface area (Å²) in [7, 11) is 1.79. The monoisotopic (exact) mass is 649 g/mol. The van der Waals surface area contributed by atoms with E-state index in [1.165, 1.54) is 29.8 Å². The molecule has 1 aliphatic heterocycles. The predicted molar refractivity (Wildman–Crippen MR) is 177 cm³/mol. The van der Waals surface area contributed by atoms with Crippen molar-refractivity contribution in [3.05, 3.63) is 149 Å². The quantitative estimate of drug-likeness (QED) is 0.166. The van der Waals surface area contributed by atoms with E-state index >= 15 is 0 Å². The average Bonchev–Trinajstić information content (AvgIpc) is 3.52. The lowest BCUT2D eigenvalue weighted by Crippen LogP contribution is -2.52. The van der Waals surface area contributed by atoms with Crippen LogP contribution in [0.25, 0.3) is 17.2 Å². The van der Waals surface area contributed by atoms with Gasteiger partial charge in [0.1, 0.15) is 6.04 Å². The standard InChI is InChI=1S/C38H34F3N5O2/c1-44-24-29(23-43-44)22-35(37(48)45-21-18-30-4-2-3-5-33(30)26-45)46(25-28-6-11-31(12-7-28)32-16-19-42-20-17-32)36(47)15-10-27-8-13-34(14-9-27)38(39,40)41/h2-17,19-20,23-24,35H,18,21-22,25-26H2,1H3. The molecule has 0 N–H and O–H groups in total. The van der Waals surface area contributed by atoms with Crippen LogP contribution < -0.4 is 0 Å². The number of aryl methyl sites for hydroxylation is 1. The Kier molecular flexibility index (Phi) is 9.52. The van der Waals surface area contributed by atoms with Gasteiger partial charge in [0.15, 0.2) is 0 Å². The first-order chi connectivity index (χ1) is 23.1. The molecule has 0 fully saturated rings. The van der Waals surface area contributed by atoms with Crippen molar-refractivity contribution >= 4 is 17.9 Å². The number of hydrogen-bond donors (Lipinski definition) is 0. The highest BCUT2D eigenvalue weighted by molar-refractivity contribution is 5.96. The van der Waals surface area contributed by atoms with Gasteiger partial charge in [-0.3, -0.25) is 19.3 Å². The van der Waals surface area contributed by atoms with E-state index in [9.17, 15) is 22.8 Å². The van der Waals surface area contributed by atoms with E-state index < -0.39 is 23.7 Å². The van der Waals surface area contributed by atoms with E-state index in [1.54, 1.807) is 40.1 Å². The number of fused-ring (bicyclic) bond motifs is 1. The zero-order valence-corrected chi connectivity index (χ0v) is 26.3. The lowest BCUT2D eigenvalue weighted by molar-refractivity contribution is -0.144. The molecule has 10 heteroatoms. The van der Waals surface area contributed by atoms with E-state index in [0.29, 0.717) is 25.1 Å². The van der Waals surface area contributed by atoms with Crippen LogP contribution >= 0.6 is 0 Å². The maximum Gasteiger partial charge on any atom is 0.416 e. The number of pyridine rings is 1. The fourth-order valence-electron chi connectivity index (χ4n) is 5.96. The van der Waals surface area contributed by atoms with E-state index in [2.05, 4.69) is 16.1 Å². The molecule has 0 bridgehead atoms. The Hall–Kier alpha value is -5.51. The third kappa shape index (κ3) is 7.71. The van der Waals surface area contributed by atoms with Gasteiger partial charge in [-0.15, -0.1) is 0 Å². The number of carbonyl (C=O) groups is 2. The van der Waals surface area contributed by atoms with Crippen LogP contribution in [-0.4, -0.2) is 49.0 Å². The third-order valence-electron chi connectivity index (χ3n) is 8.55. The zero-order valence-electron chi connectivity index (χ0n) is 26.3. The first-order valence-corrected chi connectivity index (χ1v) is 15.6. The Morgan fingerprint density at radius 2 is 1.58 bits per heavy atom. The second kappa shape index (κ2) is 14.1. The summed E-state index contributed by atoms with van der Waals surface area (Å²) >= 11 is 0. The third-order valence-corrected chi connectivity index (χ3v) is 8.55. The molecule has 3 aromatic carbocycles. The van der Waals surface area contributed by atoms with Crippen molar-refractivity contribution in [1.29, 1.82) is 0 Å². The minimum Gasteiger partial charge on any atom is -0.336 e. The summed E-state index contributed by atoms with van der Waals surface area (Å²) in [6.07, 6.45) is 6.25. The molecule has 1 unspecified atom stereocenters. The van der Waals surface area contributed by atoms with Crippen LogP contribution in [-0.2, 0) is 48.7 Å². The molecule has 2 aromatic heterocycles. The van der Waals surface area contributed by atoms with Gasteiger partial charge in [-0.05, 0) is 75.7 Å². The van der Waals surface area contributed by atoms with Crippen molar-refractivity contribution < 1.29 is 22.8 Å². The SMILES string of the molecule is Cn1cc(CC(C(=O)N2CCc3ccccc3C2)N(Cc2ccc(-c3ccncc3)cc2)C(=O)C=Cc2ccc(C(F)(F)F)cc2)cn1. The normalized spacial score (nSPS) is 13.7. The van der Waals surface area contributed by atoms with Crippen LogP contribution in [0, 0.1) is 0 Å². The summed E-state index contributed by atoms with van der Waals surface area (Å²) in [5.74, 6) is -0.620. The van der Waals surface area contributed by atoms with E-state index in [4.69, 9.17) is 0 Å². The minimum absolute atomic E-state index is 0.133. The molecule has 1 aliphatic rings. The molecule has 6 rings (SSSR count). The lowest BCUT2D eigenvalue weighted by atomic mass is 9.97. The largest absolute Gasteiger partial charge is 0.416 e. The average molecular weight is 650 g/mol. The summed E-state index contributed by atoms with van der Waals surface area (Å²) in [6.45, 7) is 1.08. The van der Waals surface area contributed by atoms with E-state index in [1.807, 2.05) is 60.8 Å². The molecule has 2 amide bonds. The first-order valence-electron chi connectivity index (χ1n) is 15.6. The number of rotatable bonds is 9. The van der Waals surface area contributed by atoms with Crippen molar-refractivity contribution in [2.45, 2.75) is 38.1 Å². The van der Waals surface area contributed by atoms with E-state index in [-0.39, 0.29) is 18.9 Å². The Morgan fingerprint density at radius 1 is 0.896 bits per heavy atom. The number of benzene rings is 3. The summed E-state index contributed by atoms with van der Waals surface area (Å²) < 4.78 is 41.0. The van der Waals surface area contributed by atoms with Crippen LogP contribution in [0.3, 0.4) is 0 Å². The smallest absolute Gasteiger partial charge is 0.336 e. The minimum atomic E-state index is -4.46. The van der Waals surface area contributed by atoms with Crippen LogP contribution in [0.4, 0.5) is 13.2 Å². The molecule has 0 saturated heterocycles. The molecule has 3 heterocycles. The molecule has 244 valence electrons. The summed E-state index contributed by atoms with van der Waals surface area (Å²) in [4.78, 5) is 36.0. The van der Waals surface area contributed by atoms with Crippen molar-refractivity contribution in [2.24, 2.45) is 7.05 Å². The molecule has 0 saturated carbocycles. The predicted octanol–water partition coefficient (Wildman–Crippen LogP) is 6.74. The molecule has 1 atom stereocenters. The molecule has 0 spiro atoms. The van der Waals surface area contributed by atoms with Gasteiger partial charge in [0, 0.05) is 57.8 Å². The van der Waals surface area contributed by atoms with Crippen LogP contribution in [0.1, 0.15) is 33.4 Å². The van der Waals surface area contributed by atoms with Gasteiger partial charge in [0.05, 0.1) is 11.8 Å². The van der Waals surface area contributed by atoms with Gasteiger partial charge in [0.2, 0.25) is 11.8 Å². The highest BCUT2D eigenvalue weighted by atomic mass is 19.4. The summed E-state index contributed by atoms with van der Waals surface area (Å²) in [5, 5.41) is 4.29. The Labute approximate surface area is 277 Å². The van der Waals surface area contributed by atoms with Crippen molar-refractivity contribution in [2.75, 3.05) is 6.54 Å². The number of nitrogens with zero attached hydrogens (tertiary/aromatic N) is 5. The maximum absolute atomic E-state index is 14.5. The molecular formula is C38H34F3N5O2. The molecule has 48 heavy (non-hydrogen) atoms. The van der Waals surface area contributed by atoms with E-state index in [0.717, 1.165) is 39.9 Å². The van der Waals surface area contributed by atoms with Gasteiger partial charge in [0.25, 0.3) is 0 Å². The molecule has 0 aliphatic carbocycles. The summed E-state index contributed by atoms with van der Waals surface area (Å²) in [5.41, 5.74) is 5.53. The van der Waals surface area contributed by atoms with Gasteiger partial charge in [-0.25, -0.2) is 0 Å².